The largest absolute Gasteiger partial charge is 0.466 e. The van der Waals surface area contributed by atoms with E-state index in [-0.39, 0.29) is 10.7 Å². The lowest BCUT2D eigenvalue weighted by Crippen LogP contribution is -2.25. The van der Waals surface area contributed by atoms with Crippen LogP contribution in [0.3, 0.4) is 0 Å². The fourth-order valence-corrected chi connectivity index (χ4v) is 2.41. The number of anilines is 1. The second-order valence-electron chi connectivity index (χ2n) is 4.75. The van der Waals surface area contributed by atoms with Crippen LogP contribution in [0, 0.1) is 0 Å². The Hall–Kier alpha value is -3.81. The summed E-state index contributed by atoms with van der Waals surface area (Å²) in [5.41, 5.74) is 2.73. The van der Waals surface area contributed by atoms with Gasteiger partial charge in [0.25, 0.3) is 5.91 Å². The van der Waals surface area contributed by atoms with Crippen molar-refractivity contribution < 1.29 is 42.9 Å². The third-order valence-electron chi connectivity index (χ3n) is 3.13. The van der Waals surface area contributed by atoms with Crippen LogP contribution in [0.15, 0.2) is 22.9 Å². The number of nitrogens with zero attached hydrogens (tertiary/aromatic N) is 2. The Morgan fingerprint density at radius 3 is 2.00 bits per heavy atom. The first-order valence-electron chi connectivity index (χ1n) is 7.40. The van der Waals surface area contributed by atoms with Crippen LogP contribution >= 0.6 is 11.5 Å². The van der Waals surface area contributed by atoms with E-state index in [0.29, 0.717) is 17.6 Å². The first-order chi connectivity index (χ1) is 13.7. The number of amides is 1. The van der Waals surface area contributed by atoms with E-state index >= 15 is 0 Å². The number of rotatable bonds is 8. The van der Waals surface area contributed by atoms with Crippen LogP contribution in [0.2, 0.25) is 0 Å². The molecule has 0 aromatic carbocycles. The van der Waals surface area contributed by atoms with Gasteiger partial charge in [-0.15, -0.1) is 5.10 Å². The lowest BCUT2D eigenvalue weighted by molar-refractivity contribution is -0.141. The van der Waals surface area contributed by atoms with Crippen molar-refractivity contribution in [3.63, 3.8) is 0 Å². The molecule has 29 heavy (non-hydrogen) atoms. The monoisotopic (exact) mass is 428 g/mol. The molecule has 0 unspecified atom stereocenters. The molecule has 0 bridgehead atoms. The van der Waals surface area contributed by atoms with Gasteiger partial charge in [0, 0.05) is 17.6 Å². The van der Waals surface area contributed by atoms with Gasteiger partial charge in [0.05, 0.1) is 34.0 Å². The number of primary amides is 1. The zero-order valence-electron chi connectivity index (χ0n) is 15.6. The van der Waals surface area contributed by atoms with Crippen molar-refractivity contribution in [2.45, 2.75) is 0 Å². The Morgan fingerprint density at radius 2 is 1.52 bits per heavy atom. The molecule has 0 fully saturated rings. The molecule has 1 aromatic rings. The van der Waals surface area contributed by atoms with Gasteiger partial charge >= 0.3 is 23.9 Å². The van der Waals surface area contributed by atoms with E-state index < -0.39 is 46.6 Å². The average Bonchev–Trinajstić information content (AvgIpc) is 3.19. The number of ether oxygens (including phenoxy) is 4. The Bertz CT molecular complexity index is 903. The Labute approximate surface area is 167 Å². The minimum atomic E-state index is -1.21. The molecular formula is C15H16N4O9S. The summed E-state index contributed by atoms with van der Waals surface area (Å²) >= 11 is 0.621. The maximum absolute atomic E-state index is 12.4. The maximum Gasteiger partial charge on any atom is 0.355 e. The van der Waals surface area contributed by atoms with Gasteiger partial charge in [-0.25, -0.2) is 19.2 Å². The van der Waals surface area contributed by atoms with E-state index in [4.69, 9.17) is 5.73 Å². The number of esters is 4. The minimum Gasteiger partial charge on any atom is -0.466 e. The number of aromatic nitrogens is 2. The number of hydrogen-bond donors (Lipinski definition) is 2. The molecule has 13 nitrogen and oxygen atoms in total. The van der Waals surface area contributed by atoms with Gasteiger partial charge in [0.1, 0.15) is 16.3 Å². The molecule has 0 aliphatic carbocycles. The molecule has 1 heterocycles. The lowest BCUT2D eigenvalue weighted by Gasteiger charge is -2.15. The van der Waals surface area contributed by atoms with Crippen molar-refractivity contribution in [3.05, 3.63) is 28.6 Å². The van der Waals surface area contributed by atoms with Crippen molar-refractivity contribution >= 4 is 46.3 Å². The third kappa shape index (κ3) is 5.58. The van der Waals surface area contributed by atoms with Gasteiger partial charge in [0.2, 0.25) is 0 Å². The molecule has 0 aliphatic rings. The van der Waals surface area contributed by atoms with E-state index in [1.54, 1.807) is 0 Å². The minimum absolute atomic E-state index is 0.137. The fraction of sp³-hybridized carbons (Fsp3) is 0.267. The summed E-state index contributed by atoms with van der Waals surface area (Å²) < 4.78 is 21.8. The number of carbonyl (C=O) groups excluding carboxylic acids is 5. The van der Waals surface area contributed by atoms with E-state index in [0.717, 1.165) is 28.4 Å². The third-order valence-corrected chi connectivity index (χ3v) is 3.77. The van der Waals surface area contributed by atoms with Crippen LogP contribution in [-0.4, -0.2) is 67.8 Å². The standard InChI is InChI=1S/C15H16N4O9S/c1-25-7(20)5-6(13(22)26-2)8(14(23)27-3)9(15(24)28-4)17-12-10(11(16)21)18-19-29-12/h5,17H,1-4H3,(H2,16,21)/b6-5-,9-8+. The summed E-state index contributed by atoms with van der Waals surface area (Å²) in [6.45, 7) is 0. The molecule has 0 aliphatic heterocycles. The van der Waals surface area contributed by atoms with Crippen LogP contribution in [0.1, 0.15) is 10.5 Å². The summed E-state index contributed by atoms with van der Waals surface area (Å²) in [4.78, 5) is 60.1. The number of nitrogens with one attached hydrogen (secondary N) is 1. The van der Waals surface area contributed by atoms with Crippen LogP contribution < -0.4 is 11.1 Å². The highest BCUT2D eigenvalue weighted by molar-refractivity contribution is 7.10. The smallest absolute Gasteiger partial charge is 0.355 e. The quantitative estimate of drug-likeness (QED) is 0.221. The SMILES string of the molecule is COC(=O)/C=C(C(=O)OC)/C(C(=O)OC)=C(\Nc1snnc1C(N)=O)C(=O)OC. The molecule has 0 radical (unpaired) electrons. The fourth-order valence-electron chi connectivity index (χ4n) is 1.83. The summed E-state index contributed by atoms with van der Waals surface area (Å²) in [6.07, 6.45) is 0.614. The highest BCUT2D eigenvalue weighted by Gasteiger charge is 2.32. The van der Waals surface area contributed by atoms with E-state index in [9.17, 15) is 24.0 Å². The van der Waals surface area contributed by atoms with Crippen LogP contribution in [0.5, 0.6) is 0 Å². The zero-order valence-corrected chi connectivity index (χ0v) is 16.4. The van der Waals surface area contributed by atoms with Crippen LogP contribution in [0.25, 0.3) is 0 Å². The predicted molar refractivity (Wildman–Crippen MR) is 95.2 cm³/mol. The molecule has 0 saturated carbocycles. The van der Waals surface area contributed by atoms with Crippen molar-refractivity contribution in [2.24, 2.45) is 5.73 Å². The molecule has 0 saturated heterocycles. The number of methoxy groups -OCH3 is 4. The van der Waals surface area contributed by atoms with E-state index in [1.807, 2.05) is 0 Å². The molecule has 156 valence electrons. The van der Waals surface area contributed by atoms with Gasteiger partial charge in [-0.2, -0.15) is 0 Å². The second-order valence-corrected chi connectivity index (χ2v) is 5.50. The highest BCUT2D eigenvalue weighted by atomic mass is 32.1. The summed E-state index contributed by atoms with van der Waals surface area (Å²) in [7, 11) is 3.96. The highest BCUT2D eigenvalue weighted by Crippen LogP contribution is 2.25. The molecule has 0 spiro atoms. The van der Waals surface area contributed by atoms with Crippen LogP contribution in [0.4, 0.5) is 5.00 Å². The van der Waals surface area contributed by atoms with Gasteiger partial charge in [-0.1, -0.05) is 4.49 Å². The first-order valence-corrected chi connectivity index (χ1v) is 8.17. The van der Waals surface area contributed by atoms with Crippen molar-refractivity contribution in [3.8, 4) is 0 Å². The first kappa shape index (κ1) is 23.2. The molecular weight excluding hydrogens is 412 g/mol. The zero-order chi connectivity index (χ0) is 22.1. The van der Waals surface area contributed by atoms with Gasteiger partial charge in [-0.3, -0.25) is 4.79 Å². The lowest BCUT2D eigenvalue weighted by atomic mass is 10.0. The molecule has 14 heteroatoms. The van der Waals surface area contributed by atoms with E-state index in [2.05, 4.69) is 33.9 Å². The normalized spacial score (nSPS) is 11.7. The number of nitrogens with two attached hydrogens (primary N) is 1. The van der Waals surface area contributed by atoms with Crippen molar-refractivity contribution in [1.29, 1.82) is 0 Å². The summed E-state index contributed by atoms with van der Waals surface area (Å²) in [5, 5.41) is 5.78. The van der Waals surface area contributed by atoms with Gasteiger partial charge < -0.3 is 30.0 Å². The molecule has 3 N–H and O–H groups in total. The summed E-state index contributed by atoms with van der Waals surface area (Å²) in [6, 6.07) is 0. The van der Waals surface area contributed by atoms with Gasteiger partial charge in [0.15, 0.2) is 5.69 Å². The van der Waals surface area contributed by atoms with Crippen LogP contribution in [-0.2, 0) is 38.1 Å². The molecule has 0 atom stereocenters. The van der Waals surface area contributed by atoms with Crippen molar-refractivity contribution in [2.75, 3.05) is 33.8 Å². The second kappa shape index (κ2) is 10.5. The van der Waals surface area contributed by atoms with Gasteiger partial charge in [-0.05, 0) is 0 Å². The average molecular weight is 428 g/mol. The Balaban J connectivity index is 3.83. The number of hydrogen-bond acceptors (Lipinski definition) is 13. The predicted octanol–water partition coefficient (Wildman–Crippen LogP) is -1.08. The Morgan fingerprint density at radius 1 is 0.931 bits per heavy atom. The van der Waals surface area contributed by atoms with E-state index in [1.165, 1.54) is 0 Å². The Kier molecular flexibility index (Phi) is 8.41. The summed E-state index contributed by atoms with van der Waals surface area (Å²) in [5.74, 6) is -5.56. The molecule has 1 amide bonds. The molecule has 1 aromatic heterocycles. The topological polar surface area (TPSA) is 186 Å². The van der Waals surface area contributed by atoms with Crippen molar-refractivity contribution in [1.82, 2.24) is 9.59 Å². The number of carbonyl (C=O) groups is 5. The maximum atomic E-state index is 12.4. The molecule has 1 rings (SSSR count).